The Hall–Kier alpha value is -2.92. The molecule has 122 valence electrons. The lowest BCUT2D eigenvalue weighted by atomic mass is 10.1. The SMILES string of the molecule is O=C(NNc1c2ccccc2nc2ccccc12)c1ccc(Br)cc1. The van der Waals surface area contributed by atoms with E-state index in [0.29, 0.717) is 5.56 Å². The van der Waals surface area contributed by atoms with E-state index in [-0.39, 0.29) is 5.91 Å². The molecule has 4 rings (SSSR count). The molecular formula is C20H14BrN3O. The average molecular weight is 392 g/mol. The van der Waals surface area contributed by atoms with Crippen LogP contribution in [0.5, 0.6) is 0 Å². The third kappa shape index (κ3) is 3.06. The van der Waals surface area contributed by atoms with Crippen molar-refractivity contribution in [1.82, 2.24) is 10.4 Å². The number of pyridine rings is 1. The van der Waals surface area contributed by atoms with Gasteiger partial charge in [-0.3, -0.25) is 15.6 Å². The molecule has 0 aliphatic carbocycles. The maximum absolute atomic E-state index is 12.4. The normalized spacial score (nSPS) is 10.8. The molecule has 4 nitrogen and oxygen atoms in total. The molecule has 1 heterocycles. The predicted octanol–water partition coefficient (Wildman–Crippen LogP) is 4.91. The summed E-state index contributed by atoms with van der Waals surface area (Å²) >= 11 is 3.37. The topological polar surface area (TPSA) is 54.0 Å². The van der Waals surface area contributed by atoms with Gasteiger partial charge in [0.1, 0.15) is 0 Å². The third-order valence-corrected chi connectivity index (χ3v) is 4.52. The molecule has 0 radical (unpaired) electrons. The lowest BCUT2D eigenvalue weighted by Gasteiger charge is -2.14. The van der Waals surface area contributed by atoms with E-state index >= 15 is 0 Å². The molecule has 25 heavy (non-hydrogen) atoms. The highest BCUT2D eigenvalue weighted by molar-refractivity contribution is 9.10. The van der Waals surface area contributed by atoms with E-state index in [9.17, 15) is 4.79 Å². The van der Waals surface area contributed by atoms with E-state index in [4.69, 9.17) is 0 Å². The lowest BCUT2D eigenvalue weighted by Crippen LogP contribution is -2.29. The molecule has 0 fully saturated rings. The number of nitrogens with zero attached hydrogens (tertiary/aromatic N) is 1. The first-order valence-electron chi connectivity index (χ1n) is 7.82. The summed E-state index contributed by atoms with van der Waals surface area (Å²) in [6.07, 6.45) is 0. The number of anilines is 1. The van der Waals surface area contributed by atoms with Crippen LogP contribution >= 0.6 is 15.9 Å². The molecule has 5 heteroatoms. The van der Waals surface area contributed by atoms with Crippen molar-refractivity contribution in [2.24, 2.45) is 0 Å². The van der Waals surface area contributed by atoms with Gasteiger partial charge >= 0.3 is 0 Å². The van der Waals surface area contributed by atoms with Crippen LogP contribution in [-0.2, 0) is 0 Å². The lowest BCUT2D eigenvalue weighted by molar-refractivity contribution is 0.0963. The van der Waals surface area contributed by atoms with Crippen LogP contribution < -0.4 is 10.9 Å². The maximum atomic E-state index is 12.4. The van der Waals surface area contributed by atoms with Crippen molar-refractivity contribution in [3.05, 3.63) is 82.8 Å². The van der Waals surface area contributed by atoms with Crippen molar-refractivity contribution in [3.8, 4) is 0 Å². The zero-order chi connectivity index (χ0) is 17.2. The van der Waals surface area contributed by atoms with Gasteiger partial charge in [0.25, 0.3) is 5.91 Å². The average Bonchev–Trinajstić information content (AvgIpc) is 2.65. The minimum atomic E-state index is -0.197. The second-order valence-electron chi connectivity index (χ2n) is 5.61. The molecule has 1 aromatic heterocycles. The van der Waals surface area contributed by atoms with Gasteiger partial charge in [-0.15, -0.1) is 0 Å². The van der Waals surface area contributed by atoms with Crippen LogP contribution in [0.3, 0.4) is 0 Å². The predicted molar refractivity (Wildman–Crippen MR) is 104 cm³/mol. The van der Waals surface area contributed by atoms with E-state index in [2.05, 4.69) is 31.8 Å². The molecule has 0 aliphatic rings. The molecule has 2 N–H and O–H groups in total. The van der Waals surface area contributed by atoms with Gasteiger partial charge in [0.2, 0.25) is 0 Å². The number of aromatic nitrogens is 1. The quantitative estimate of drug-likeness (QED) is 0.385. The fraction of sp³-hybridized carbons (Fsp3) is 0. The number of benzene rings is 3. The number of para-hydroxylation sites is 2. The van der Waals surface area contributed by atoms with Crippen LogP contribution in [0.25, 0.3) is 21.8 Å². The number of fused-ring (bicyclic) bond motifs is 2. The Morgan fingerprint density at radius 2 is 1.36 bits per heavy atom. The monoisotopic (exact) mass is 391 g/mol. The highest BCUT2D eigenvalue weighted by Crippen LogP contribution is 2.29. The Labute approximate surface area is 153 Å². The number of nitrogens with one attached hydrogen (secondary N) is 2. The van der Waals surface area contributed by atoms with Crippen molar-refractivity contribution in [2.45, 2.75) is 0 Å². The minimum absolute atomic E-state index is 0.197. The van der Waals surface area contributed by atoms with Gasteiger partial charge in [0.15, 0.2) is 0 Å². The van der Waals surface area contributed by atoms with Crippen molar-refractivity contribution >= 4 is 49.3 Å². The summed E-state index contributed by atoms with van der Waals surface area (Å²) in [4.78, 5) is 17.1. The first kappa shape index (κ1) is 15.6. The van der Waals surface area contributed by atoms with Gasteiger partial charge in [-0.05, 0) is 36.4 Å². The third-order valence-electron chi connectivity index (χ3n) is 4.00. The van der Waals surface area contributed by atoms with Gasteiger partial charge in [0, 0.05) is 20.8 Å². The first-order valence-corrected chi connectivity index (χ1v) is 8.61. The maximum Gasteiger partial charge on any atom is 0.269 e. The highest BCUT2D eigenvalue weighted by Gasteiger charge is 2.10. The molecule has 0 unspecified atom stereocenters. The standard InChI is InChI=1S/C20H14BrN3O/c21-14-11-9-13(10-12-14)20(25)24-23-19-15-5-1-3-7-17(15)22-18-8-4-2-6-16(18)19/h1-12H,(H,22,23)(H,24,25). The van der Waals surface area contributed by atoms with Gasteiger partial charge in [-0.25, -0.2) is 4.98 Å². The molecule has 0 saturated carbocycles. The number of hydrogen-bond acceptors (Lipinski definition) is 3. The van der Waals surface area contributed by atoms with E-state index in [1.54, 1.807) is 12.1 Å². The number of hydrazine groups is 1. The van der Waals surface area contributed by atoms with Crippen LogP contribution in [0.4, 0.5) is 5.69 Å². The number of hydrogen-bond donors (Lipinski definition) is 2. The molecule has 1 amide bonds. The molecule has 0 saturated heterocycles. The first-order chi connectivity index (χ1) is 12.2. The van der Waals surface area contributed by atoms with Gasteiger partial charge in [0.05, 0.1) is 16.7 Å². The van der Waals surface area contributed by atoms with Crippen LogP contribution in [-0.4, -0.2) is 10.9 Å². The molecule has 0 atom stereocenters. The molecular weight excluding hydrogens is 378 g/mol. The Balaban J connectivity index is 1.72. The zero-order valence-electron chi connectivity index (χ0n) is 13.2. The van der Waals surface area contributed by atoms with Gasteiger partial charge < -0.3 is 0 Å². The number of carbonyl (C=O) groups is 1. The Morgan fingerprint density at radius 1 is 0.800 bits per heavy atom. The molecule has 0 bridgehead atoms. The highest BCUT2D eigenvalue weighted by atomic mass is 79.9. The van der Waals surface area contributed by atoms with Crippen LogP contribution in [0.2, 0.25) is 0 Å². The van der Waals surface area contributed by atoms with Crippen molar-refractivity contribution in [1.29, 1.82) is 0 Å². The van der Waals surface area contributed by atoms with Crippen molar-refractivity contribution in [3.63, 3.8) is 0 Å². The summed E-state index contributed by atoms with van der Waals surface area (Å²) in [5.41, 5.74) is 9.05. The van der Waals surface area contributed by atoms with E-state index in [1.165, 1.54) is 0 Å². The molecule has 3 aromatic carbocycles. The van der Waals surface area contributed by atoms with Crippen LogP contribution in [0, 0.1) is 0 Å². The Morgan fingerprint density at radius 3 is 1.96 bits per heavy atom. The van der Waals surface area contributed by atoms with Crippen molar-refractivity contribution < 1.29 is 4.79 Å². The van der Waals surface area contributed by atoms with Crippen LogP contribution in [0.15, 0.2) is 77.3 Å². The number of halogens is 1. The minimum Gasteiger partial charge on any atom is -0.297 e. The Bertz CT molecular complexity index is 1020. The summed E-state index contributed by atoms with van der Waals surface area (Å²) in [5.74, 6) is -0.197. The molecule has 4 aromatic rings. The number of carbonyl (C=O) groups excluding carboxylic acids is 1. The van der Waals surface area contributed by atoms with E-state index in [1.807, 2.05) is 60.7 Å². The second kappa shape index (κ2) is 6.53. The van der Waals surface area contributed by atoms with Crippen molar-refractivity contribution in [2.75, 3.05) is 5.43 Å². The van der Waals surface area contributed by atoms with Gasteiger partial charge in [-0.1, -0.05) is 52.3 Å². The summed E-state index contributed by atoms with van der Waals surface area (Å²) in [5, 5.41) is 1.91. The Kier molecular flexibility index (Phi) is 4.07. The van der Waals surface area contributed by atoms with Crippen LogP contribution in [0.1, 0.15) is 10.4 Å². The van der Waals surface area contributed by atoms with Gasteiger partial charge in [-0.2, -0.15) is 0 Å². The van der Waals surface area contributed by atoms with E-state index < -0.39 is 0 Å². The zero-order valence-corrected chi connectivity index (χ0v) is 14.7. The molecule has 0 spiro atoms. The largest absolute Gasteiger partial charge is 0.297 e. The number of amides is 1. The van der Waals surface area contributed by atoms with E-state index in [0.717, 1.165) is 32.0 Å². The summed E-state index contributed by atoms with van der Waals surface area (Å²) in [6.45, 7) is 0. The second-order valence-corrected chi connectivity index (χ2v) is 6.52. The smallest absolute Gasteiger partial charge is 0.269 e. The molecule has 0 aliphatic heterocycles. The summed E-state index contributed by atoms with van der Waals surface area (Å²) < 4.78 is 0.933. The number of rotatable bonds is 3. The summed E-state index contributed by atoms with van der Waals surface area (Å²) in [7, 11) is 0. The fourth-order valence-corrected chi connectivity index (χ4v) is 3.03. The summed E-state index contributed by atoms with van der Waals surface area (Å²) in [6, 6.07) is 22.9. The fourth-order valence-electron chi connectivity index (χ4n) is 2.77.